The summed E-state index contributed by atoms with van der Waals surface area (Å²) in [4.78, 5) is 16.3. The molecule has 0 aliphatic heterocycles. The van der Waals surface area contributed by atoms with Crippen molar-refractivity contribution < 1.29 is 9.53 Å². The summed E-state index contributed by atoms with van der Waals surface area (Å²) in [5.74, 6) is 0.495. The van der Waals surface area contributed by atoms with Gasteiger partial charge in [-0.05, 0) is 32.9 Å². The molecule has 20 heavy (non-hydrogen) atoms. The lowest BCUT2D eigenvalue weighted by Crippen LogP contribution is -2.11. The maximum absolute atomic E-state index is 12.1. The van der Waals surface area contributed by atoms with E-state index < -0.39 is 5.38 Å². The van der Waals surface area contributed by atoms with Crippen LogP contribution < -0.4 is 4.74 Å². The molecule has 0 fully saturated rings. The largest absolute Gasteiger partial charge is 0.481 e. The second-order valence-electron chi connectivity index (χ2n) is 4.66. The summed E-state index contributed by atoms with van der Waals surface area (Å²) in [5, 5.41) is -0.530. The van der Waals surface area contributed by atoms with Crippen LogP contribution >= 0.6 is 11.6 Å². The Morgan fingerprint density at radius 1 is 1.40 bits per heavy atom. The average Bonchev–Trinajstić information content (AvgIpc) is 2.73. The Morgan fingerprint density at radius 2 is 2.10 bits per heavy atom. The number of hydrogen-bond acceptors (Lipinski definition) is 3. The molecule has 5 heteroatoms. The number of carbonyl (C=O) groups is 1. The molecule has 2 aromatic heterocycles. The van der Waals surface area contributed by atoms with Crippen LogP contribution in [0.3, 0.4) is 0 Å². The van der Waals surface area contributed by atoms with E-state index in [0.29, 0.717) is 11.4 Å². The standard InChI is InChI=1S/C15H17ClN2O2/c1-9-7-13(15(19)10(2)16)11(3)18(9)12-5-6-14(20-4)17-8-12/h5-8,10H,1-4H3. The summed E-state index contributed by atoms with van der Waals surface area (Å²) in [6.07, 6.45) is 1.72. The van der Waals surface area contributed by atoms with Gasteiger partial charge in [-0.1, -0.05) is 0 Å². The Balaban J connectivity index is 2.49. The van der Waals surface area contributed by atoms with E-state index in [1.807, 2.05) is 30.5 Å². The van der Waals surface area contributed by atoms with Crippen LogP contribution in [-0.4, -0.2) is 27.8 Å². The van der Waals surface area contributed by atoms with Crippen molar-refractivity contribution in [1.82, 2.24) is 9.55 Å². The average molecular weight is 293 g/mol. The molecule has 0 bridgehead atoms. The smallest absolute Gasteiger partial charge is 0.213 e. The van der Waals surface area contributed by atoms with Gasteiger partial charge in [-0.3, -0.25) is 4.79 Å². The van der Waals surface area contributed by atoms with Crippen molar-refractivity contribution in [3.63, 3.8) is 0 Å². The van der Waals surface area contributed by atoms with Gasteiger partial charge in [0, 0.05) is 23.0 Å². The third-order valence-corrected chi connectivity index (χ3v) is 3.44. The molecule has 0 saturated carbocycles. The molecule has 4 nitrogen and oxygen atoms in total. The third-order valence-electron chi connectivity index (χ3n) is 3.25. The van der Waals surface area contributed by atoms with Crippen LogP contribution in [0, 0.1) is 13.8 Å². The van der Waals surface area contributed by atoms with Crippen molar-refractivity contribution in [2.45, 2.75) is 26.1 Å². The minimum absolute atomic E-state index is 0.0625. The van der Waals surface area contributed by atoms with E-state index in [1.54, 1.807) is 26.3 Å². The van der Waals surface area contributed by atoms with Crippen molar-refractivity contribution in [3.8, 4) is 11.6 Å². The predicted molar refractivity (Wildman–Crippen MR) is 79.2 cm³/mol. The second kappa shape index (κ2) is 5.67. The Labute approximate surface area is 123 Å². The summed E-state index contributed by atoms with van der Waals surface area (Å²) in [6, 6.07) is 5.56. The van der Waals surface area contributed by atoms with E-state index in [9.17, 15) is 4.79 Å². The number of rotatable bonds is 4. The van der Waals surface area contributed by atoms with Gasteiger partial charge in [-0.2, -0.15) is 0 Å². The molecule has 2 aromatic rings. The number of ether oxygens (including phenoxy) is 1. The lowest BCUT2D eigenvalue weighted by molar-refractivity contribution is 0.0991. The van der Waals surface area contributed by atoms with Crippen LogP contribution in [-0.2, 0) is 0 Å². The van der Waals surface area contributed by atoms with Gasteiger partial charge in [0.25, 0.3) is 0 Å². The number of aromatic nitrogens is 2. The Morgan fingerprint density at radius 3 is 2.60 bits per heavy atom. The Bertz CT molecular complexity index is 630. The molecule has 1 atom stereocenters. The van der Waals surface area contributed by atoms with Crippen LogP contribution in [0.15, 0.2) is 24.4 Å². The molecule has 2 rings (SSSR count). The maximum Gasteiger partial charge on any atom is 0.213 e. The van der Waals surface area contributed by atoms with E-state index in [1.165, 1.54) is 0 Å². The van der Waals surface area contributed by atoms with E-state index in [2.05, 4.69) is 4.98 Å². The van der Waals surface area contributed by atoms with Crippen molar-refractivity contribution in [1.29, 1.82) is 0 Å². The Kier molecular flexibility index (Phi) is 4.14. The molecular formula is C15H17ClN2O2. The zero-order valence-corrected chi connectivity index (χ0v) is 12.7. The van der Waals surface area contributed by atoms with Gasteiger partial charge < -0.3 is 9.30 Å². The van der Waals surface area contributed by atoms with E-state index in [-0.39, 0.29) is 5.78 Å². The minimum Gasteiger partial charge on any atom is -0.481 e. The van der Waals surface area contributed by atoms with Crippen LogP contribution in [0.25, 0.3) is 5.69 Å². The molecule has 0 amide bonds. The SMILES string of the molecule is COc1ccc(-n2c(C)cc(C(=O)C(C)Cl)c2C)cn1. The van der Waals surface area contributed by atoms with E-state index >= 15 is 0 Å². The van der Waals surface area contributed by atoms with Crippen molar-refractivity contribution in [3.05, 3.63) is 41.3 Å². The molecule has 0 aromatic carbocycles. The molecule has 0 aliphatic carbocycles. The highest BCUT2D eigenvalue weighted by molar-refractivity contribution is 6.33. The molecule has 1 unspecified atom stereocenters. The first-order valence-corrected chi connectivity index (χ1v) is 6.77. The first kappa shape index (κ1) is 14.6. The van der Waals surface area contributed by atoms with Crippen LogP contribution in [0.4, 0.5) is 0 Å². The van der Waals surface area contributed by atoms with Gasteiger partial charge in [0.2, 0.25) is 5.88 Å². The summed E-state index contributed by atoms with van der Waals surface area (Å²) in [5.41, 5.74) is 3.38. The summed E-state index contributed by atoms with van der Waals surface area (Å²) in [6.45, 7) is 5.54. The quantitative estimate of drug-likeness (QED) is 0.641. The number of methoxy groups -OCH3 is 1. The highest BCUT2D eigenvalue weighted by Gasteiger charge is 2.20. The number of alkyl halides is 1. The Hall–Kier alpha value is -1.81. The van der Waals surface area contributed by atoms with Gasteiger partial charge in [-0.15, -0.1) is 11.6 Å². The molecule has 0 aliphatic rings. The molecular weight excluding hydrogens is 276 g/mol. The van der Waals surface area contributed by atoms with E-state index in [0.717, 1.165) is 17.1 Å². The first-order chi connectivity index (χ1) is 9.45. The maximum atomic E-state index is 12.1. The fraction of sp³-hybridized carbons (Fsp3) is 0.333. The number of carbonyl (C=O) groups excluding carboxylic acids is 1. The van der Waals surface area contributed by atoms with Crippen molar-refractivity contribution in [2.24, 2.45) is 0 Å². The normalized spacial score (nSPS) is 12.2. The predicted octanol–water partition coefficient (Wildman–Crippen LogP) is 3.31. The van der Waals surface area contributed by atoms with Gasteiger partial charge in [0.05, 0.1) is 24.4 Å². The fourth-order valence-corrected chi connectivity index (χ4v) is 2.37. The lowest BCUT2D eigenvalue weighted by Gasteiger charge is -2.10. The molecule has 0 N–H and O–H groups in total. The van der Waals surface area contributed by atoms with Crippen molar-refractivity contribution >= 4 is 17.4 Å². The zero-order chi connectivity index (χ0) is 14.9. The number of pyridine rings is 1. The summed E-state index contributed by atoms with van der Waals surface area (Å²) < 4.78 is 7.03. The zero-order valence-electron chi connectivity index (χ0n) is 12.0. The minimum atomic E-state index is -0.530. The summed E-state index contributed by atoms with van der Waals surface area (Å²) in [7, 11) is 1.58. The van der Waals surface area contributed by atoms with Crippen LogP contribution in [0.2, 0.25) is 0 Å². The number of ketones is 1. The number of halogens is 1. The topological polar surface area (TPSA) is 44.1 Å². The third kappa shape index (κ3) is 2.56. The molecule has 0 spiro atoms. The lowest BCUT2D eigenvalue weighted by atomic mass is 10.1. The monoisotopic (exact) mass is 292 g/mol. The van der Waals surface area contributed by atoms with Crippen molar-refractivity contribution in [2.75, 3.05) is 7.11 Å². The number of Topliss-reactive ketones (excluding diaryl/α,β-unsaturated/α-hetero) is 1. The van der Waals surface area contributed by atoms with Gasteiger partial charge >= 0.3 is 0 Å². The van der Waals surface area contributed by atoms with Gasteiger partial charge in [-0.25, -0.2) is 4.98 Å². The highest BCUT2D eigenvalue weighted by atomic mass is 35.5. The molecule has 0 radical (unpaired) electrons. The number of aryl methyl sites for hydroxylation is 1. The number of nitrogens with zero attached hydrogens (tertiary/aromatic N) is 2. The van der Waals surface area contributed by atoms with Crippen LogP contribution in [0.5, 0.6) is 5.88 Å². The summed E-state index contributed by atoms with van der Waals surface area (Å²) >= 11 is 5.89. The fourth-order valence-electron chi connectivity index (χ4n) is 2.25. The molecule has 106 valence electrons. The molecule has 0 saturated heterocycles. The van der Waals surface area contributed by atoms with Crippen LogP contribution in [0.1, 0.15) is 28.7 Å². The van der Waals surface area contributed by atoms with Gasteiger partial charge in [0.15, 0.2) is 5.78 Å². The van der Waals surface area contributed by atoms with Gasteiger partial charge in [0.1, 0.15) is 0 Å². The number of hydrogen-bond donors (Lipinski definition) is 0. The second-order valence-corrected chi connectivity index (χ2v) is 5.31. The first-order valence-electron chi connectivity index (χ1n) is 6.33. The molecule has 2 heterocycles. The highest BCUT2D eigenvalue weighted by Crippen LogP contribution is 2.23. The van der Waals surface area contributed by atoms with E-state index in [4.69, 9.17) is 16.3 Å².